The molecule has 2 rings (SSSR count). The van der Waals surface area contributed by atoms with Crippen LogP contribution in [0.15, 0.2) is 18.2 Å². The lowest BCUT2D eigenvalue weighted by molar-refractivity contribution is 0.371. The van der Waals surface area contributed by atoms with E-state index in [2.05, 4.69) is 5.32 Å². The van der Waals surface area contributed by atoms with E-state index in [0.717, 1.165) is 19.4 Å². The number of aromatic hydroxyl groups is 1. The van der Waals surface area contributed by atoms with Crippen LogP contribution in [0.25, 0.3) is 0 Å². The molecule has 1 aliphatic heterocycles. The molecular formula is C14H21NO2. The highest BCUT2D eigenvalue weighted by Gasteiger charge is 2.12. The van der Waals surface area contributed by atoms with Gasteiger partial charge in [0, 0.05) is 6.04 Å². The van der Waals surface area contributed by atoms with E-state index in [0.29, 0.717) is 11.8 Å². The molecule has 0 aromatic heterocycles. The standard InChI is InChI=1S/C14H21NO2/c1-17-14-8-6-11(10-13(14)16)5-7-12-4-2-3-9-15-12/h6,8,10,12,15-16H,2-5,7,9H2,1H3. The van der Waals surface area contributed by atoms with Gasteiger partial charge in [0.25, 0.3) is 0 Å². The maximum Gasteiger partial charge on any atom is 0.160 e. The average Bonchev–Trinajstić information content (AvgIpc) is 2.38. The summed E-state index contributed by atoms with van der Waals surface area (Å²) in [6.45, 7) is 1.15. The van der Waals surface area contributed by atoms with Gasteiger partial charge in [-0.05, 0) is 49.9 Å². The van der Waals surface area contributed by atoms with Crippen LogP contribution in [0.3, 0.4) is 0 Å². The molecule has 0 saturated carbocycles. The van der Waals surface area contributed by atoms with Gasteiger partial charge in [-0.15, -0.1) is 0 Å². The number of aryl methyl sites for hydroxylation is 1. The van der Waals surface area contributed by atoms with E-state index < -0.39 is 0 Å². The lowest BCUT2D eigenvalue weighted by Crippen LogP contribution is -2.34. The second-order valence-corrected chi connectivity index (χ2v) is 4.69. The van der Waals surface area contributed by atoms with E-state index in [-0.39, 0.29) is 5.75 Å². The summed E-state index contributed by atoms with van der Waals surface area (Å²) in [7, 11) is 1.57. The molecule has 1 aliphatic rings. The molecular weight excluding hydrogens is 214 g/mol. The van der Waals surface area contributed by atoms with Gasteiger partial charge >= 0.3 is 0 Å². The van der Waals surface area contributed by atoms with Crippen molar-refractivity contribution in [2.24, 2.45) is 0 Å². The van der Waals surface area contributed by atoms with Gasteiger partial charge in [-0.25, -0.2) is 0 Å². The Kier molecular flexibility index (Phi) is 4.26. The van der Waals surface area contributed by atoms with Crippen LogP contribution in [0.4, 0.5) is 0 Å². The van der Waals surface area contributed by atoms with E-state index in [1.807, 2.05) is 18.2 Å². The van der Waals surface area contributed by atoms with Crippen LogP contribution in [0.1, 0.15) is 31.2 Å². The molecule has 2 N–H and O–H groups in total. The van der Waals surface area contributed by atoms with Gasteiger partial charge in [0.1, 0.15) is 0 Å². The number of piperidine rings is 1. The fourth-order valence-electron chi connectivity index (χ4n) is 2.40. The lowest BCUT2D eigenvalue weighted by Gasteiger charge is -2.23. The van der Waals surface area contributed by atoms with Crippen molar-refractivity contribution in [3.63, 3.8) is 0 Å². The summed E-state index contributed by atoms with van der Waals surface area (Å²) in [6, 6.07) is 6.31. The van der Waals surface area contributed by atoms with Crippen molar-refractivity contribution in [1.82, 2.24) is 5.32 Å². The van der Waals surface area contributed by atoms with Gasteiger partial charge in [-0.3, -0.25) is 0 Å². The highest BCUT2D eigenvalue weighted by atomic mass is 16.5. The quantitative estimate of drug-likeness (QED) is 0.842. The van der Waals surface area contributed by atoms with E-state index in [1.165, 1.54) is 24.8 Å². The molecule has 0 aliphatic carbocycles. The zero-order valence-electron chi connectivity index (χ0n) is 10.4. The summed E-state index contributed by atoms with van der Waals surface area (Å²) in [5.41, 5.74) is 1.18. The van der Waals surface area contributed by atoms with Crippen LogP contribution in [-0.2, 0) is 6.42 Å². The number of ether oxygens (including phenoxy) is 1. The fourth-order valence-corrected chi connectivity index (χ4v) is 2.40. The second-order valence-electron chi connectivity index (χ2n) is 4.69. The van der Waals surface area contributed by atoms with Crippen LogP contribution in [0.2, 0.25) is 0 Å². The number of phenols is 1. The highest BCUT2D eigenvalue weighted by Crippen LogP contribution is 2.27. The third kappa shape index (κ3) is 3.37. The van der Waals surface area contributed by atoms with E-state index in [4.69, 9.17) is 4.74 Å². The fraction of sp³-hybridized carbons (Fsp3) is 0.571. The number of hydrogen-bond donors (Lipinski definition) is 2. The SMILES string of the molecule is COc1ccc(CCC2CCCCN2)cc1O. The van der Waals surface area contributed by atoms with Crippen LogP contribution >= 0.6 is 0 Å². The number of methoxy groups -OCH3 is 1. The number of nitrogens with one attached hydrogen (secondary N) is 1. The van der Waals surface area contributed by atoms with Gasteiger partial charge < -0.3 is 15.2 Å². The molecule has 1 heterocycles. The van der Waals surface area contributed by atoms with Crippen LogP contribution in [-0.4, -0.2) is 24.8 Å². The molecule has 94 valence electrons. The molecule has 0 bridgehead atoms. The molecule has 0 amide bonds. The molecule has 1 atom stereocenters. The summed E-state index contributed by atoms with van der Waals surface area (Å²) >= 11 is 0. The Bertz CT molecular complexity index is 359. The predicted octanol–water partition coefficient (Wildman–Crippen LogP) is 2.48. The summed E-state index contributed by atoms with van der Waals surface area (Å²) in [6.07, 6.45) is 6.08. The van der Waals surface area contributed by atoms with Crippen LogP contribution in [0, 0.1) is 0 Å². The minimum Gasteiger partial charge on any atom is -0.504 e. The topological polar surface area (TPSA) is 41.5 Å². The maximum atomic E-state index is 9.69. The summed E-state index contributed by atoms with van der Waals surface area (Å²) in [5.74, 6) is 0.783. The first kappa shape index (κ1) is 12.2. The van der Waals surface area contributed by atoms with Gasteiger partial charge in [0.2, 0.25) is 0 Å². The Morgan fingerprint density at radius 3 is 2.94 bits per heavy atom. The lowest BCUT2D eigenvalue weighted by atomic mass is 9.98. The molecule has 1 unspecified atom stereocenters. The van der Waals surface area contributed by atoms with E-state index in [9.17, 15) is 5.11 Å². The molecule has 1 aromatic rings. The van der Waals surface area contributed by atoms with Gasteiger partial charge in [-0.2, -0.15) is 0 Å². The smallest absolute Gasteiger partial charge is 0.160 e. The number of rotatable bonds is 4. The average molecular weight is 235 g/mol. The highest BCUT2D eigenvalue weighted by molar-refractivity contribution is 5.41. The number of benzene rings is 1. The third-order valence-corrected chi connectivity index (χ3v) is 3.44. The molecule has 0 radical (unpaired) electrons. The zero-order valence-corrected chi connectivity index (χ0v) is 10.4. The molecule has 3 nitrogen and oxygen atoms in total. The number of hydrogen-bond acceptors (Lipinski definition) is 3. The van der Waals surface area contributed by atoms with Crippen molar-refractivity contribution < 1.29 is 9.84 Å². The van der Waals surface area contributed by atoms with E-state index in [1.54, 1.807) is 7.11 Å². The molecule has 17 heavy (non-hydrogen) atoms. The molecule has 1 saturated heterocycles. The van der Waals surface area contributed by atoms with Gasteiger partial charge in [0.15, 0.2) is 11.5 Å². The Labute approximate surface area is 103 Å². The second kappa shape index (κ2) is 5.92. The minimum absolute atomic E-state index is 0.238. The zero-order chi connectivity index (χ0) is 12.1. The van der Waals surface area contributed by atoms with Crippen molar-refractivity contribution in [3.8, 4) is 11.5 Å². The van der Waals surface area contributed by atoms with Crippen LogP contribution < -0.4 is 10.1 Å². The van der Waals surface area contributed by atoms with Gasteiger partial charge in [-0.1, -0.05) is 12.5 Å². The van der Waals surface area contributed by atoms with Crippen molar-refractivity contribution >= 4 is 0 Å². The first-order valence-electron chi connectivity index (χ1n) is 6.39. The van der Waals surface area contributed by atoms with Gasteiger partial charge in [0.05, 0.1) is 7.11 Å². The minimum atomic E-state index is 0.238. The Balaban J connectivity index is 1.87. The Morgan fingerprint density at radius 2 is 2.29 bits per heavy atom. The largest absolute Gasteiger partial charge is 0.504 e. The summed E-state index contributed by atoms with van der Waals surface area (Å²) in [4.78, 5) is 0. The van der Waals surface area contributed by atoms with Crippen molar-refractivity contribution in [2.75, 3.05) is 13.7 Å². The summed E-state index contributed by atoms with van der Waals surface area (Å²) < 4.78 is 5.03. The van der Waals surface area contributed by atoms with Crippen molar-refractivity contribution in [1.29, 1.82) is 0 Å². The molecule has 3 heteroatoms. The summed E-state index contributed by atoms with van der Waals surface area (Å²) in [5, 5.41) is 13.2. The van der Waals surface area contributed by atoms with E-state index >= 15 is 0 Å². The molecule has 1 fully saturated rings. The third-order valence-electron chi connectivity index (χ3n) is 3.44. The first-order valence-corrected chi connectivity index (χ1v) is 6.39. The van der Waals surface area contributed by atoms with Crippen molar-refractivity contribution in [3.05, 3.63) is 23.8 Å². The molecule has 1 aromatic carbocycles. The number of phenolic OH excluding ortho intramolecular Hbond substituents is 1. The first-order chi connectivity index (χ1) is 8.29. The monoisotopic (exact) mass is 235 g/mol. The normalized spacial score (nSPS) is 20.2. The maximum absolute atomic E-state index is 9.69. The predicted molar refractivity (Wildman–Crippen MR) is 68.6 cm³/mol. The Hall–Kier alpha value is -1.22. The Morgan fingerprint density at radius 1 is 1.41 bits per heavy atom. The molecule has 0 spiro atoms. The van der Waals surface area contributed by atoms with Crippen molar-refractivity contribution in [2.45, 2.75) is 38.1 Å². The van der Waals surface area contributed by atoms with Crippen LogP contribution in [0.5, 0.6) is 11.5 Å².